The summed E-state index contributed by atoms with van der Waals surface area (Å²) in [7, 11) is 0. The molecule has 1 saturated carbocycles. The van der Waals surface area contributed by atoms with E-state index in [-0.39, 0.29) is 17.1 Å². The first kappa shape index (κ1) is 22.0. The zero-order valence-corrected chi connectivity index (χ0v) is 20.3. The summed E-state index contributed by atoms with van der Waals surface area (Å²) in [5.74, 6) is 0.232. The van der Waals surface area contributed by atoms with Gasteiger partial charge in [-0.2, -0.15) is 0 Å². The average molecular weight is 478 g/mol. The van der Waals surface area contributed by atoms with Crippen LogP contribution in [0.15, 0.2) is 58.5 Å². The van der Waals surface area contributed by atoms with Crippen LogP contribution in [0.3, 0.4) is 0 Å². The third-order valence-corrected chi connectivity index (χ3v) is 7.60. The van der Waals surface area contributed by atoms with E-state index in [0.717, 1.165) is 22.5 Å². The van der Waals surface area contributed by atoms with Crippen molar-refractivity contribution in [1.82, 2.24) is 14.1 Å². The minimum absolute atomic E-state index is 0.0387. The van der Waals surface area contributed by atoms with E-state index in [9.17, 15) is 9.59 Å². The second-order valence-corrected chi connectivity index (χ2v) is 9.88. The van der Waals surface area contributed by atoms with Crippen LogP contribution >= 0.6 is 23.4 Å². The molecule has 0 saturated heterocycles. The van der Waals surface area contributed by atoms with Gasteiger partial charge in [-0.1, -0.05) is 41.6 Å². The van der Waals surface area contributed by atoms with Crippen LogP contribution in [0.25, 0.3) is 16.6 Å². The number of thioether (sulfide) groups is 1. The lowest BCUT2D eigenvalue weighted by atomic mass is 10.2. The Morgan fingerprint density at radius 2 is 1.88 bits per heavy atom. The number of halogens is 1. The first-order chi connectivity index (χ1) is 15.9. The summed E-state index contributed by atoms with van der Waals surface area (Å²) in [4.78, 5) is 31.4. The van der Waals surface area contributed by atoms with Crippen molar-refractivity contribution in [3.05, 3.63) is 86.4 Å². The molecule has 0 spiro atoms. The van der Waals surface area contributed by atoms with E-state index in [4.69, 9.17) is 16.6 Å². The van der Waals surface area contributed by atoms with E-state index in [1.54, 1.807) is 16.7 Å². The monoisotopic (exact) mass is 477 g/mol. The molecule has 2 aromatic carbocycles. The number of carbonyl (C=O) groups excluding carboxylic acids is 1. The van der Waals surface area contributed by atoms with Gasteiger partial charge in [0.15, 0.2) is 10.9 Å². The molecule has 0 radical (unpaired) electrons. The van der Waals surface area contributed by atoms with Gasteiger partial charge in [-0.15, -0.1) is 0 Å². The Balaban J connectivity index is 1.55. The van der Waals surface area contributed by atoms with Gasteiger partial charge >= 0.3 is 0 Å². The molecule has 4 aromatic rings. The van der Waals surface area contributed by atoms with Gasteiger partial charge in [0, 0.05) is 28.0 Å². The predicted octanol–water partition coefficient (Wildman–Crippen LogP) is 6.08. The molecule has 5 nitrogen and oxygen atoms in total. The molecular formula is C26H24ClN3O2S. The number of benzene rings is 2. The topological polar surface area (TPSA) is 56.9 Å². The van der Waals surface area contributed by atoms with Crippen molar-refractivity contribution in [1.29, 1.82) is 0 Å². The summed E-state index contributed by atoms with van der Waals surface area (Å²) in [5.41, 5.74) is 4.80. The van der Waals surface area contributed by atoms with Crippen molar-refractivity contribution in [3.63, 3.8) is 0 Å². The summed E-state index contributed by atoms with van der Waals surface area (Å²) in [5, 5.41) is 1.58. The largest absolute Gasteiger partial charge is 0.345 e. The second kappa shape index (κ2) is 8.50. The number of para-hydroxylation sites is 1. The highest BCUT2D eigenvalue weighted by Crippen LogP contribution is 2.38. The molecule has 168 valence electrons. The maximum absolute atomic E-state index is 13.5. The molecule has 1 aliphatic carbocycles. The molecule has 0 amide bonds. The minimum atomic E-state index is -0.173. The van der Waals surface area contributed by atoms with Crippen molar-refractivity contribution >= 4 is 40.0 Å². The number of hydrogen-bond acceptors (Lipinski definition) is 4. The number of nitrogens with zero attached hydrogens (tertiary/aromatic N) is 3. The van der Waals surface area contributed by atoms with Crippen LogP contribution in [0.4, 0.5) is 0 Å². The molecule has 0 unspecified atom stereocenters. The van der Waals surface area contributed by atoms with Gasteiger partial charge in [-0.05, 0) is 69.5 Å². The summed E-state index contributed by atoms with van der Waals surface area (Å²) >= 11 is 7.65. The Labute approximate surface area is 201 Å². The average Bonchev–Trinajstić information content (AvgIpc) is 3.58. The van der Waals surface area contributed by atoms with Crippen molar-refractivity contribution in [2.24, 2.45) is 0 Å². The standard InChI is InChI=1S/C26H24ClN3O2S/c1-15-13-20(17(3)29(15)18-11-12-18)24(31)14-33-26-28-22-9-5-4-7-19(22)25(32)30(26)23-10-6-8-21(27)16(23)2/h4-10,13,18H,11-12,14H2,1-3H3. The Morgan fingerprint density at radius 1 is 1.12 bits per heavy atom. The van der Waals surface area contributed by atoms with Crippen LogP contribution in [0.1, 0.15) is 46.2 Å². The van der Waals surface area contributed by atoms with Gasteiger partial charge in [0.25, 0.3) is 5.56 Å². The molecule has 7 heteroatoms. The molecule has 1 aliphatic rings. The third-order valence-electron chi connectivity index (χ3n) is 6.25. The fourth-order valence-electron chi connectivity index (χ4n) is 4.42. The fraction of sp³-hybridized carbons (Fsp3) is 0.269. The van der Waals surface area contributed by atoms with Crippen LogP contribution in [-0.2, 0) is 0 Å². The molecule has 33 heavy (non-hydrogen) atoms. The van der Waals surface area contributed by atoms with E-state index in [1.807, 2.05) is 50.2 Å². The second-order valence-electron chi connectivity index (χ2n) is 8.53. The maximum atomic E-state index is 13.5. The van der Waals surface area contributed by atoms with Gasteiger partial charge in [-0.25, -0.2) is 4.98 Å². The Morgan fingerprint density at radius 3 is 2.64 bits per heavy atom. The minimum Gasteiger partial charge on any atom is -0.345 e. The zero-order valence-electron chi connectivity index (χ0n) is 18.8. The summed E-state index contributed by atoms with van der Waals surface area (Å²) in [6, 6.07) is 15.3. The van der Waals surface area contributed by atoms with E-state index >= 15 is 0 Å². The Bertz CT molecular complexity index is 1470. The molecule has 2 heterocycles. The van der Waals surface area contributed by atoms with Crippen LogP contribution in [0, 0.1) is 20.8 Å². The normalized spacial score (nSPS) is 13.6. The molecule has 2 aromatic heterocycles. The van der Waals surface area contributed by atoms with Crippen molar-refractivity contribution in [3.8, 4) is 5.69 Å². The van der Waals surface area contributed by atoms with Crippen LogP contribution in [0.2, 0.25) is 5.02 Å². The summed E-state index contributed by atoms with van der Waals surface area (Å²) < 4.78 is 3.85. The number of rotatable bonds is 6. The fourth-order valence-corrected chi connectivity index (χ4v) is 5.48. The first-order valence-electron chi connectivity index (χ1n) is 11.0. The van der Waals surface area contributed by atoms with Crippen molar-refractivity contribution in [2.45, 2.75) is 44.8 Å². The number of ketones is 1. The Hall–Kier alpha value is -2.83. The lowest BCUT2D eigenvalue weighted by Gasteiger charge is -2.15. The Kier molecular flexibility index (Phi) is 5.67. The van der Waals surface area contributed by atoms with Crippen LogP contribution in [-0.4, -0.2) is 25.7 Å². The van der Waals surface area contributed by atoms with E-state index in [2.05, 4.69) is 11.5 Å². The highest BCUT2D eigenvalue weighted by Gasteiger charge is 2.28. The van der Waals surface area contributed by atoms with Crippen molar-refractivity contribution < 1.29 is 4.79 Å². The number of aryl methyl sites for hydroxylation is 1. The number of fused-ring (bicyclic) bond motifs is 1. The van der Waals surface area contributed by atoms with E-state index in [1.165, 1.54) is 24.6 Å². The number of aromatic nitrogens is 3. The summed E-state index contributed by atoms with van der Waals surface area (Å²) in [6.45, 7) is 5.95. The van der Waals surface area contributed by atoms with Crippen LogP contribution in [0.5, 0.6) is 0 Å². The number of Topliss-reactive ketones (excluding diaryl/α,β-unsaturated/α-hetero) is 1. The third kappa shape index (κ3) is 3.91. The number of carbonyl (C=O) groups is 1. The highest BCUT2D eigenvalue weighted by atomic mass is 35.5. The van der Waals surface area contributed by atoms with Crippen LogP contribution < -0.4 is 5.56 Å². The molecule has 1 fully saturated rings. The van der Waals surface area contributed by atoms with Gasteiger partial charge in [0.1, 0.15) is 0 Å². The van der Waals surface area contributed by atoms with Gasteiger partial charge in [-0.3, -0.25) is 14.2 Å². The zero-order chi connectivity index (χ0) is 23.3. The maximum Gasteiger partial charge on any atom is 0.266 e. The molecule has 0 atom stereocenters. The summed E-state index contributed by atoms with van der Waals surface area (Å²) in [6.07, 6.45) is 2.34. The van der Waals surface area contributed by atoms with Gasteiger partial charge in [0.2, 0.25) is 0 Å². The van der Waals surface area contributed by atoms with Gasteiger partial charge < -0.3 is 4.57 Å². The molecule has 0 N–H and O–H groups in total. The molecule has 5 rings (SSSR count). The quantitative estimate of drug-likeness (QED) is 0.192. The SMILES string of the molecule is Cc1c(Cl)cccc1-n1c(SCC(=O)c2cc(C)n(C3CC3)c2C)nc2ccccc2c1=O. The lowest BCUT2D eigenvalue weighted by Crippen LogP contribution is -2.23. The highest BCUT2D eigenvalue weighted by molar-refractivity contribution is 7.99. The first-order valence-corrected chi connectivity index (χ1v) is 12.3. The van der Waals surface area contributed by atoms with E-state index < -0.39 is 0 Å². The van der Waals surface area contributed by atoms with E-state index in [0.29, 0.717) is 32.8 Å². The smallest absolute Gasteiger partial charge is 0.266 e. The number of hydrogen-bond donors (Lipinski definition) is 0. The predicted molar refractivity (Wildman–Crippen MR) is 134 cm³/mol. The van der Waals surface area contributed by atoms with Crippen molar-refractivity contribution in [2.75, 3.05) is 5.75 Å². The molecular weight excluding hydrogens is 454 g/mol. The molecule has 0 bridgehead atoms. The van der Waals surface area contributed by atoms with Gasteiger partial charge in [0.05, 0.1) is 22.3 Å². The lowest BCUT2D eigenvalue weighted by molar-refractivity contribution is 0.102. The molecule has 0 aliphatic heterocycles.